The van der Waals surface area contributed by atoms with Gasteiger partial charge in [0.2, 0.25) is 0 Å². The molecule has 0 bridgehead atoms. The third kappa shape index (κ3) is 4.53. The van der Waals surface area contributed by atoms with Gasteiger partial charge < -0.3 is 9.32 Å². The van der Waals surface area contributed by atoms with Gasteiger partial charge in [-0.05, 0) is 80.8 Å². The van der Waals surface area contributed by atoms with Gasteiger partial charge in [-0.25, -0.2) is 0 Å². The Kier molecular flexibility index (Phi) is 7.00. The van der Waals surface area contributed by atoms with Crippen LogP contribution in [0.1, 0.15) is 40.0 Å². The summed E-state index contributed by atoms with van der Waals surface area (Å²) < 4.78 is 6.94. The van der Waals surface area contributed by atoms with E-state index in [4.69, 9.17) is 4.42 Å². The molecule has 0 N–H and O–H groups in total. The summed E-state index contributed by atoms with van der Waals surface area (Å²) in [5, 5.41) is 1.20. The second-order valence-corrected chi connectivity index (χ2v) is 15.4. The lowest BCUT2D eigenvalue weighted by atomic mass is 9.69. The zero-order valence-corrected chi connectivity index (χ0v) is 31.3. The lowest BCUT2D eigenvalue weighted by Crippen LogP contribution is -2.28. The molecule has 0 fully saturated rings. The van der Waals surface area contributed by atoms with E-state index in [-0.39, 0.29) is 0 Å². The van der Waals surface area contributed by atoms with Gasteiger partial charge in [0.1, 0.15) is 11.3 Å². The number of nitrogens with zero attached hydrogens (tertiary/aromatic N) is 1. The molecule has 1 unspecified atom stereocenters. The second kappa shape index (κ2) is 12.4. The van der Waals surface area contributed by atoms with Gasteiger partial charge in [-0.15, -0.1) is 0 Å². The molecule has 2 nitrogen and oxygen atoms in total. The first-order chi connectivity index (χ1) is 28.3. The maximum Gasteiger partial charge on any atom is 0.143 e. The number of hydrogen-bond acceptors (Lipinski definition) is 2. The third-order valence-corrected chi connectivity index (χ3v) is 12.5. The molecule has 3 aliphatic rings. The number of allylic oxidation sites excluding steroid dienone is 1. The molecule has 0 saturated heterocycles. The summed E-state index contributed by atoms with van der Waals surface area (Å²) in [6.07, 6.45) is 6.48. The molecule has 0 radical (unpaired) electrons. The van der Waals surface area contributed by atoms with E-state index in [9.17, 15) is 0 Å². The van der Waals surface area contributed by atoms with E-state index in [1.165, 1.54) is 77.7 Å². The van der Waals surface area contributed by atoms with E-state index in [0.717, 1.165) is 41.2 Å². The highest BCUT2D eigenvalue weighted by Gasteiger charge is 2.54. The Balaban J connectivity index is 1.18. The molecule has 12 rings (SSSR count). The fraction of sp³-hybridized carbons (Fsp3) is 0.0545. The highest BCUT2D eigenvalue weighted by molar-refractivity contribution is 6.08. The maximum atomic E-state index is 6.94. The summed E-state index contributed by atoms with van der Waals surface area (Å²) in [6, 6.07) is 69.2. The third-order valence-electron chi connectivity index (χ3n) is 12.5. The van der Waals surface area contributed by atoms with Gasteiger partial charge in [-0.2, -0.15) is 0 Å². The minimum Gasteiger partial charge on any atom is -0.460 e. The Morgan fingerprint density at radius 2 is 1.07 bits per heavy atom. The van der Waals surface area contributed by atoms with Crippen LogP contribution < -0.4 is 4.90 Å². The number of benzene rings is 8. The van der Waals surface area contributed by atoms with Crippen LogP contribution in [0.3, 0.4) is 0 Å². The molecule has 57 heavy (non-hydrogen) atoms. The molecular formula is C55H37NO. The van der Waals surface area contributed by atoms with Crippen LogP contribution in [0, 0.1) is 0 Å². The molecule has 1 spiro atoms. The first-order valence-electron chi connectivity index (χ1n) is 20.0. The molecule has 2 heteroatoms. The van der Waals surface area contributed by atoms with Crippen molar-refractivity contribution in [2.75, 3.05) is 4.90 Å². The van der Waals surface area contributed by atoms with Crippen molar-refractivity contribution in [2.24, 2.45) is 0 Å². The number of furan rings is 1. The first-order valence-corrected chi connectivity index (χ1v) is 20.0. The number of anilines is 3. The van der Waals surface area contributed by atoms with Crippen molar-refractivity contribution < 1.29 is 4.42 Å². The molecule has 1 atom stereocenters. The van der Waals surface area contributed by atoms with Gasteiger partial charge in [0.25, 0.3) is 0 Å². The van der Waals surface area contributed by atoms with Crippen molar-refractivity contribution in [1.29, 1.82) is 0 Å². The fourth-order valence-electron chi connectivity index (χ4n) is 10.2. The smallest absolute Gasteiger partial charge is 0.143 e. The van der Waals surface area contributed by atoms with Crippen LogP contribution in [0.5, 0.6) is 0 Å². The summed E-state index contributed by atoms with van der Waals surface area (Å²) in [4.78, 5) is 2.51. The summed E-state index contributed by atoms with van der Waals surface area (Å²) in [5.41, 5.74) is 20.0. The van der Waals surface area contributed by atoms with E-state index >= 15 is 0 Å². The van der Waals surface area contributed by atoms with E-state index < -0.39 is 5.41 Å². The Morgan fingerprint density at radius 3 is 1.86 bits per heavy atom. The van der Waals surface area contributed by atoms with Gasteiger partial charge in [0.05, 0.1) is 16.8 Å². The van der Waals surface area contributed by atoms with Gasteiger partial charge in [-0.1, -0.05) is 176 Å². The van der Waals surface area contributed by atoms with Crippen LogP contribution in [0.25, 0.3) is 61.6 Å². The molecule has 3 aliphatic carbocycles. The van der Waals surface area contributed by atoms with Crippen LogP contribution in [0.2, 0.25) is 0 Å². The zero-order chi connectivity index (χ0) is 37.5. The highest BCUT2D eigenvalue weighted by Crippen LogP contribution is 2.66. The minimum atomic E-state index is -0.588. The highest BCUT2D eigenvalue weighted by atomic mass is 16.3. The average molecular weight is 728 g/mol. The predicted molar refractivity (Wildman–Crippen MR) is 235 cm³/mol. The van der Waals surface area contributed by atoms with Gasteiger partial charge in [0.15, 0.2) is 0 Å². The number of para-hydroxylation sites is 1. The minimum absolute atomic E-state index is 0.588. The summed E-state index contributed by atoms with van der Waals surface area (Å²) in [7, 11) is 0. The second-order valence-electron chi connectivity index (χ2n) is 15.4. The summed E-state index contributed by atoms with van der Waals surface area (Å²) in [5.74, 6) is 1.09. The lowest BCUT2D eigenvalue weighted by Gasteiger charge is -2.36. The maximum absolute atomic E-state index is 6.94. The molecule has 1 heterocycles. The van der Waals surface area contributed by atoms with E-state index in [1.807, 2.05) is 0 Å². The molecule has 8 aromatic carbocycles. The normalized spacial score (nSPS) is 15.6. The van der Waals surface area contributed by atoms with Crippen LogP contribution in [0.15, 0.2) is 199 Å². The SMILES string of the molecule is C1=Cc2c(oc3c4c(ccc23)C2(c3ccccc3-c3cccc(N(c5ccc(-c6ccccc6)cc5)c5ccccc5-c5ccccc5)c32)c2ccccc2-4)CC1. The van der Waals surface area contributed by atoms with E-state index in [2.05, 4.69) is 205 Å². The van der Waals surface area contributed by atoms with Gasteiger partial charge in [-0.3, -0.25) is 0 Å². The monoisotopic (exact) mass is 727 g/mol. The van der Waals surface area contributed by atoms with Gasteiger partial charge >= 0.3 is 0 Å². The van der Waals surface area contributed by atoms with Crippen molar-refractivity contribution in [1.82, 2.24) is 0 Å². The zero-order valence-electron chi connectivity index (χ0n) is 31.3. The van der Waals surface area contributed by atoms with Crippen LogP contribution in [-0.4, -0.2) is 0 Å². The van der Waals surface area contributed by atoms with Crippen molar-refractivity contribution in [2.45, 2.75) is 18.3 Å². The molecule has 268 valence electrons. The van der Waals surface area contributed by atoms with Gasteiger partial charge in [0, 0.05) is 39.7 Å². The van der Waals surface area contributed by atoms with E-state index in [0.29, 0.717) is 0 Å². The Bertz CT molecular complexity index is 3060. The molecular weight excluding hydrogens is 691 g/mol. The quantitative estimate of drug-likeness (QED) is 0.175. The molecule has 1 aromatic heterocycles. The molecule has 0 amide bonds. The Morgan fingerprint density at radius 1 is 0.456 bits per heavy atom. The molecule has 0 aliphatic heterocycles. The van der Waals surface area contributed by atoms with Crippen LogP contribution in [-0.2, 0) is 11.8 Å². The summed E-state index contributed by atoms with van der Waals surface area (Å²) >= 11 is 0. The lowest BCUT2D eigenvalue weighted by molar-refractivity contribution is 0.547. The predicted octanol–water partition coefficient (Wildman–Crippen LogP) is 14.5. The Labute approximate surface area is 332 Å². The fourth-order valence-corrected chi connectivity index (χ4v) is 10.2. The molecule has 9 aromatic rings. The number of fused-ring (bicyclic) bond motifs is 14. The van der Waals surface area contributed by atoms with E-state index in [1.54, 1.807) is 0 Å². The van der Waals surface area contributed by atoms with Crippen molar-refractivity contribution >= 4 is 34.1 Å². The summed E-state index contributed by atoms with van der Waals surface area (Å²) in [6.45, 7) is 0. The largest absolute Gasteiger partial charge is 0.460 e. The Hall–Kier alpha value is -7.16. The molecule has 0 saturated carbocycles. The van der Waals surface area contributed by atoms with Crippen LogP contribution in [0.4, 0.5) is 17.1 Å². The standard InChI is InChI=1S/C55H37NO/c1-3-16-36(17-4-1)37-30-32-39(33-31-37)56(49-27-13-9-20-40(49)38-18-5-2-6-19-38)50-28-15-24-43-41-21-7-11-25-46(41)55(53(43)50)47-26-12-8-23-45(47)52-48(55)35-34-44-42-22-10-14-29-51(42)57-54(44)52/h1-13,15-28,30-35H,14,29H2. The number of hydrogen-bond donors (Lipinski definition) is 0. The number of rotatable bonds is 5. The van der Waals surface area contributed by atoms with Crippen molar-refractivity contribution in [3.05, 3.63) is 228 Å². The van der Waals surface area contributed by atoms with Crippen molar-refractivity contribution in [3.8, 4) is 44.5 Å². The number of aryl methyl sites for hydroxylation is 1. The topological polar surface area (TPSA) is 16.4 Å². The van der Waals surface area contributed by atoms with Crippen LogP contribution >= 0.6 is 0 Å². The average Bonchev–Trinajstić information content (AvgIpc) is 3.92. The van der Waals surface area contributed by atoms with Crippen molar-refractivity contribution in [3.63, 3.8) is 0 Å². The first kappa shape index (κ1) is 32.1.